The number of hydrogen-bond donors (Lipinski definition) is 2. The van der Waals surface area contributed by atoms with Crippen molar-refractivity contribution in [3.8, 4) is 0 Å². The summed E-state index contributed by atoms with van der Waals surface area (Å²) in [4.78, 5) is 0. The second-order valence-corrected chi connectivity index (χ2v) is 6.02. The van der Waals surface area contributed by atoms with Gasteiger partial charge in [-0.15, -0.1) is 0 Å². The quantitative estimate of drug-likeness (QED) is 0.744. The van der Waals surface area contributed by atoms with Crippen LogP contribution >= 0.6 is 0 Å². The summed E-state index contributed by atoms with van der Waals surface area (Å²) >= 11 is 0. The molecule has 0 unspecified atom stereocenters. The lowest BCUT2D eigenvalue weighted by Crippen LogP contribution is -2.50. The van der Waals surface area contributed by atoms with E-state index in [-0.39, 0.29) is 0 Å². The van der Waals surface area contributed by atoms with E-state index in [2.05, 4.69) is 12.1 Å². The van der Waals surface area contributed by atoms with Crippen molar-refractivity contribution >= 4 is 7.12 Å². The molecule has 0 aromatic heterocycles. The molecular weight excluding hydrogens is 239 g/mol. The van der Waals surface area contributed by atoms with Crippen molar-refractivity contribution in [3.05, 3.63) is 35.9 Å². The second-order valence-electron chi connectivity index (χ2n) is 6.02. The molecule has 0 amide bonds. The standard InChI is InChI=1S/C15H25BO3/c1-14(2,17)15(3,4)19-16(18)12-8-11-13-9-6-5-7-10-13/h5-7,9-10,17-18H,8,11-12H2,1-4H3. The fourth-order valence-corrected chi connectivity index (χ4v) is 1.67. The molecule has 4 heteroatoms. The summed E-state index contributed by atoms with van der Waals surface area (Å²) in [6, 6.07) is 10.2. The van der Waals surface area contributed by atoms with Gasteiger partial charge in [0.05, 0.1) is 11.2 Å². The Balaban J connectivity index is 2.34. The molecule has 0 bridgehead atoms. The number of benzene rings is 1. The van der Waals surface area contributed by atoms with Gasteiger partial charge in [0.15, 0.2) is 0 Å². The first kappa shape index (κ1) is 16.2. The van der Waals surface area contributed by atoms with Crippen LogP contribution in [0.25, 0.3) is 0 Å². The van der Waals surface area contributed by atoms with Gasteiger partial charge < -0.3 is 14.8 Å². The van der Waals surface area contributed by atoms with Crippen LogP contribution < -0.4 is 0 Å². The molecule has 0 radical (unpaired) electrons. The third-order valence-corrected chi connectivity index (χ3v) is 3.66. The zero-order valence-corrected chi connectivity index (χ0v) is 12.4. The lowest BCUT2D eigenvalue weighted by Gasteiger charge is -2.38. The lowest BCUT2D eigenvalue weighted by atomic mass is 9.78. The largest absolute Gasteiger partial charge is 0.454 e. The van der Waals surface area contributed by atoms with Crippen molar-refractivity contribution in [2.75, 3.05) is 0 Å². The summed E-state index contributed by atoms with van der Waals surface area (Å²) in [6.07, 6.45) is 2.34. The Morgan fingerprint density at radius 1 is 1.11 bits per heavy atom. The number of aliphatic hydroxyl groups is 1. The number of rotatable bonds is 7. The molecule has 19 heavy (non-hydrogen) atoms. The summed E-state index contributed by atoms with van der Waals surface area (Å²) in [5.74, 6) is 0. The predicted molar refractivity (Wildman–Crippen MR) is 79.0 cm³/mol. The van der Waals surface area contributed by atoms with Crippen LogP contribution in [0.4, 0.5) is 0 Å². The highest BCUT2D eigenvalue weighted by atomic mass is 16.5. The van der Waals surface area contributed by atoms with Crippen molar-refractivity contribution < 1.29 is 14.8 Å². The van der Waals surface area contributed by atoms with Crippen molar-refractivity contribution in [1.82, 2.24) is 0 Å². The van der Waals surface area contributed by atoms with Gasteiger partial charge in [0, 0.05) is 0 Å². The van der Waals surface area contributed by atoms with Gasteiger partial charge in [0.25, 0.3) is 0 Å². The highest BCUT2D eigenvalue weighted by Crippen LogP contribution is 2.26. The van der Waals surface area contributed by atoms with Crippen molar-refractivity contribution in [2.24, 2.45) is 0 Å². The molecule has 0 atom stereocenters. The minimum Gasteiger partial charge on any atom is -0.427 e. The predicted octanol–water partition coefficient (Wildman–Crippen LogP) is 2.67. The first-order chi connectivity index (χ1) is 8.72. The fourth-order valence-electron chi connectivity index (χ4n) is 1.67. The molecule has 0 aliphatic carbocycles. The highest BCUT2D eigenvalue weighted by Gasteiger charge is 2.38. The van der Waals surface area contributed by atoms with Gasteiger partial charge in [-0.1, -0.05) is 36.8 Å². The van der Waals surface area contributed by atoms with E-state index >= 15 is 0 Å². The smallest absolute Gasteiger partial charge is 0.427 e. The molecule has 0 aliphatic heterocycles. The zero-order chi connectivity index (χ0) is 14.5. The minimum absolute atomic E-state index is 0.564. The van der Waals surface area contributed by atoms with Crippen molar-refractivity contribution in [2.45, 2.75) is 58.1 Å². The van der Waals surface area contributed by atoms with Gasteiger partial charge in [-0.05, 0) is 46.0 Å². The Labute approximate surface area is 116 Å². The van der Waals surface area contributed by atoms with Gasteiger partial charge in [-0.3, -0.25) is 0 Å². The summed E-state index contributed by atoms with van der Waals surface area (Å²) in [7, 11) is -0.842. The third-order valence-electron chi connectivity index (χ3n) is 3.66. The van der Waals surface area contributed by atoms with E-state index in [1.54, 1.807) is 27.7 Å². The molecule has 0 fully saturated rings. The topological polar surface area (TPSA) is 49.7 Å². The molecule has 0 heterocycles. The summed E-state index contributed by atoms with van der Waals surface area (Å²) in [6.45, 7) is 6.94. The molecule has 106 valence electrons. The number of aryl methyl sites for hydroxylation is 1. The van der Waals surface area contributed by atoms with Crippen LogP contribution in [0.1, 0.15) is 39.7 Å². The van der Waals surface area contributed by atoms with Crippen LogP contribution in [0, 0.1) is 0 Å². The summed E-state index contributed by atoms with van der Waals surface area (Å²) in [5.41, 5.74) is -0.511. The van der Waals surface area contributed by atoms with E-state index in [1.165, 1.54) is 5.56 Å². The van der Waals surface area contributed by atoms with Crippen LogP contribution in [-0.2, 0) is 11.1 Å². The van der Waals surface area contributed by atoms with Crippen LogP contribution in [0.5, 0.6) is 0 Å². The van der Waals surface area contributed by atoms with Crippen molar-refractivity contribution in [1.29, 1.82) is 0 Å². The molecule has 0 spiro atoms. The van der Waals surface area contributed by atoms with Gasteiger partial charge in [-0.2, -0.15) is 0 Å². The molecule has 0 saturated carbocycles. The molecule has 0 saturated heterocycles. The summed E-state index contributed by atoms with van der Waals surface area (Å²) < 4.78 is 5.55. The molecule has 3 nitrogen and oxygen atoms in total. The van der Waals surface area contributed by atoms with E-state index in [4.69, 9.17) is 4.65 Å². The molecule has 1 aromatic rings. The van der Waals surface area contributed by atoms with E-state index in [1.807, 2.05) is 18.2 Å². The fraction of sp³-hybridized carbons (Fsp3) is 0.600. The van der Waals surface area contributed by atoms with Gasteiger partial charge in [-0.25, -0.2) is 0 Å². The highest BCUT2D eigenvalue weighted by molar-refractivity contribution is 6.42. The average Bonchev–Trinajstić information content (AvgIpc) is 2.28. The first-order valence-corrected chi connectivity index (χ1v) is 6.84. The second kappa shape index (κ2) is 6.55. The molecule has 2 N–H and O–H groups in total. The summed E-state index contributed by atoms with van der Waals surface area (Å²) in [5, 5.41) is 19.9. The monoisotopic (exact) mass is 264 g/mol. The minimum atomic E-state index is -0.993. The lowest BCUT2D eigenvalue weighted by molar-refractivity contribution is -0.1000. The van der Waals surface area contributed by atoms with E-state index in [9.17, 15) is 10.1 Å². The maximum Gasteiger partial charge on any atom is 0.454 e. The van der Waals surface area contributed by atoms with E-state index in [0.717, 1.165) is 12.8 Å². The molecular formula is C15H25BO3. The van der Waals surface area contributed by atoms with Gasteiger partial charge in [0.1, 0.15) is 0 Å². The SMILES string of the molecule is CC(C)(O)C(C)(C)OB(O)CCCc1ccccc1. The maximum atomic E-state index is 9.96. The maximum absolute atomic E-state index is 9.96. The Morgan fingerprint density at radius 2 is 1.68 bits per heavy atom. The first-order valence-electron chi connectivity index (χ1n) is 6.84. The Bertz CT molecular complexity index is 371. The Morgan fingerprint density at radius 3 is 2.21 bits per heavy atom. The number of hydrogen-bond acceptors (Lipinski definition) is 3. The van der Waals surface area contributed by atoms with Gasteiger partial charge in [0.2, 0.25) is 0 Å². The molecule has 1 rings (SSSR count). The third kappa shape index (κ3) is 5.35. The molecule has 0 aliphatic rings. The Kier molecular flexibility index (Phi) is 5.59. The molecule has 1 aromatic carbocycles. The van der Waals surface area contributed by atoms with Crippen LogP contribution in [-0.4, -0.2) is 28.5 Å². The Hall–Kier alpha value is -0.835. The zero-order valence-electron chi connectivity index (χ0n) is 12.4. The van der Waals surface area contributed by atoms with Gasteiger partial charge >= 0.3 is 7.12 Å². The average molecular weight is 264 g/mol. The van der Waals surface area contributed by atoms with Crippen LogP contribution in [0.15, 0.2) is 30.3 Å². The van der Waals surface area contributed by atoms with E-state index in [0.29, 0.717) is 6.32 Å². The normalized spacial score (nSPS) is 12.5. The van der Waals surface area contributed by atoms with E-state index < -0.39 is 18.3 Å². The van der Waals surface area contributed by atoms with Crippen LogP contribution in [0.2, 0.25) is 6.32 Å². The van der Waals surface area contributed by atoms with Crippen molar-refractivity contribution in [3.63, 3.8) is 0 Å². The van der Waals surface area contributed by atoms with Crippen LogP contribution in [0.3, 0.4) is 0 Å².